The molecule has 1 atom stereocenters. The molecule has 0 N–H and O–H groups in total. The molecule has 1 fully saturated rings. The lowest BCUT2D eigenvalue weighted by Crippen LogP contribution is -2.26. The molecule has 0 aliphatic carbocycles. The molecule has 2 aromatic rings. The van der Waals surface area contributed by atoms with Crippen LogP contribution >= 0.6 is 0 Å². The van der Waals surface area contributed by atoms with Gasteiger partial charge in [-0.25, -0.2) is 0 Å². The van der Waals surface area contributed by atoms with Gasteiger partial charge in [-0.15, -0.1) is 0 Å². The summed E-state index contributed by atoms with van der Waals surface area (Å²) in [7, 11) is 0. The molecule has 0 unspecified atom stereocenters. The largest absolute Gasteiger partial charge is 0.489 e. The monoisotopic (exact) mass is 357 g/mol. The number of carbonyl (C=O) groups excluding carboxylic acids is 2. The zero-order chi connectivity index (χ0) is 18.5. The minimum Gasteiger partial charge on any atom is -0.489 e. The van der Waals surface area contributed by atoms with Crippen molar-refractivity contribution in [1.29, 1.82) is 0 Å². The van der Waals surface area contributed by atoms with E-state index in [-0.39, 0.29) is 31.5 Å². The third-order valence-electron chi connectivity index (χ3n) is 4.46. The number of esters is 1. The summed E-state index contributed by atoms with van der Waals surface area (Å²) in [5.74, 6) is 0.678. The Morgan fingerprint density at radius 2 is 1.96 bits per heavy atom. The van der Waals surface area contributed by atoms with Crippen LogP contribution in [0.2, 0.25) is 0 Å². The molecule has 6 heteroatoms. The Morgan fingerprint density at radius 1 is 1.19 bits per heavy atom. The van der Waals surface area contributed by atoms with Gasteiger partial charge in [-0.05, 0) is 37.1 Å². The van der Waals surface area contributed by atoms with Crippen molar-refractivity contribution in [3.63, 3.8) is 0 Å². The summed E-state index contributed by atoms with van der Waals surface area (Å²) >= 11 is 0. The summed E-state index contributed by atoms with van der Waals surface area (Å²) in [6.45, 7) is 5.14. The number of para-hydroxylation sites is 1. The van der Waals surface area contributed by atoms with Crippen LogP contribution in [0.25, 0.3) is 0 Å². The maximum absolute atomic E-state index is 12.2. The second-order valence-corrected chi connectivity index (χ2v) is 6.49. The molecular formula is C20H23NO5. The van der Waals surface area contributed by atoms with E-state index < -0.39 is 5.92 Å². The topological polar surface area (TPSA) is 69.0 Å². The van der Waals surface area contributed by atoms with Gasteiger partial charge in [-0.1, -0.05) is 18.2 Å². The number of ether oxygens (including phenoxy) is 2. The van der Waals surface area contributed by atoms with Crippen LogP contribution in [0.4, 0.5) is 0 Å². The van der Waals surface area contributed by atoms with Gasteiger partial charge in [0.15, 0.2) is 0 Å². The molecule has 0 saturated carbocycles. The van der Waals surface area contributed by atoms with Gasteiger partial charge >= 0.3 is 5.97 Å². The predicted octanol–water partition coefficient (Wildman–Crippen LogP) is 2.87. The number of furan rings is 1. The third kappa shape index (κ3) is 4.25. The fraction of sp³-hybridized carbons (Fsp3) is 0.400. The summed E-state index contributed by atoms with van der Waals surface area (Å²) in [5.41, 5.74) is 2.09. The van der Waals surface area contributed by atoms with Crippen molar-refractivity contribution >= 4 is 11.9 Å². The Morgan fingerprint density at radius 3 is 2.65 bits per heavy atom. The molecule has 2 heterocycles. The molecular weight excluding hydrogens is 334 g/mol. The maximum Gasteiger partial charge on any atom is 0.311 e. The van der Waals surface area contributed by atoms with Crippen molar-refractivity contribution in [2.24, 2.45) is 5.92 Å². The Bertz CT molecular complexity index is 748. The second kappa shape index (κ2) is 8.08. The zero-order valence-corrected chi connectivity index (χ0v) is 15.1. The molecule has 1 aliphatic rings. The smallest absolute Gasteiger partial charge is 0.311 e. The van der Waals surface area contributed by atoms with E-state index in [9.17, 15) is 9.59 Å². The highest BCUT2D eigenvalue weighted by Gasteiger charge is 2.35. The number of nitrogens with zero attached hydrogens (tertiary/aromatic N) is 1. The van der Waals surface area contributed by atoms with Gasteiger partial charge in [-0.3, -0.25) is 9.59 Å². The Kier molecular flexibility index (Phi) is 5.61. The summed E-state index contributed by atoms with van der Waals surface area (Å²) < 4.78 is 16.3. The average Bonchev–Trinajstić information content (AvgIpc) is 3.24. The minimum atomic E-state index is -0.433. The SMILES string of the molecule is Cc1cccc(C)c1OCCOC(=O)[C@H]1CC(=O)N(Cc2ccco2)C1. The van der Waals surface area contributed by atoms with Crippen molar-refractivity contribution in [3.8, 4) is 5.75 Å². The molecule has 1 aliphatic heterocycles. The summed E-state index contributed by atoms with van der Waals surface area (Å²) in [6, 6.07) is 9.52. The highest BCUT2D eigenvalue weighted by atomic mass is 16.6. The van der Waals surface area contributed by atoms with Crippen LogP contribution in [0.5, 0.6) is 5.75 Å². The van der Waals surface area contributed by atoms with E-state index in [1.807, 2.05) is 38.1 Å². The molecule has 0 spiro atoms. The Hall–Kier alpha value is -2.76. The number of benzene rings is 1. The molecule has 26 heavy (non-hydrogen) atoms. The van der Waals surface area contributed by atoms with Gasteiger partial charge in [0, 0.05) is 13.0 Å². The van der Waals surface area contributed by atoms with Crippen LogP contribution in [-0.4, -0.2) is 36.5 Å². The van der Waals surface area contributed by atoms with Gasteiger partial charge in [0.25, 0.3) is 0 Å². The van der Waals surface area contributed by atoms with Gasteiger partial charge < -0.3 is 18.8 Å². The van der Waals surface area contributed by atoms with Crippen LogP contribution < -0.4 is 4.74 Å². The lowest BCUT2D eigenvalue weighted by atomic mass is 10.1. The number of amides is 1. The normalized spacial score (nSPS) is 16.8. The first-order valence-electron chi connectivity index (χ1n) is 8.70. The van der Waals surface area contributed by atoms with Gasteiger partial charge in [0.05, 0.1) is 18.7 Å². The first-order chi connectivity index (χ1) is 12.5. The van der Waals surface area contributed by atoms with Crippen LogP contribution in [0.1, 0.15) is 23.3 Å². The van der Waals surface area contributed by atoms with Crippen molar-refractivity contribution in [2.75, 3.05) is 19.8 Å². The van der Waals surface area contributed by atoms with Crippen molar-refractivity contribution in [1.82, 2.24) is 4.90 Å². The maximum atomic E-state index is 12.2. The molecule has 3 rings (SSSR count). The Balaban J connectivity index is 1.43. The molecule has 138 valence electrons. The fourth-order valence-electron chi connectivity index (χ4n) is 3.10. The van der Waals surface area contributed by atoms with Crippen LogP contribution in [0, 0.1) is 19.8 Å². The van der Waals surface area contributed by atoms with Gasteiger partial charge in [0.1, 0.15) is 24.7 Å². The number of carbonyl (C=O) groups is 2. The third-order valence-corrected chi connectivity index (χ3v) is 4.46. The summed E-state index contributed by atoms with van der Waals surface area (Å²) in [6.07, 6.45) is 1.75. The second-order valence-electron chi connectivity index (χ2n) is 6.49. The number of likely N-dealkylation sites (tertiary alicyclic amines) is 1. The molecule has 1 aromatic carbocycles. The van der Waals surface area contributed by atoms with E-state index >= 15 is 0 Å². The highest BCUT2D eigenvalue weighted by molar-refractivity contribution is 5.86. The first kappa shape index (κ1) is 18.0. The van der Waals surface area contributed by atoms with Crippen LogP contribution in [0.15, 0.2) is 41.0 Å². The zero-order valence-electron chi connectivity index (χ0n) is 15.1. The molecule has 1 saturated heterocycles. The Labute approximate surface area is 152 Å². The van der Waals surface area contributed by atoms with Gasteiger partial charge in [-0.2, -0.15) is 0 Å². The van der Waals surface area contributed by atoms with Crippen molar-refractivity contribution < 1.29 is 23.5 Å². The minimum absolute atomic E-state index is 0.0601. The van der Waals surface area contributed by atoms with E-state index in [1.54, 1.807) is 17.2 Å². The fourth-order valence-corrected chi connectivity index (χ4v) is 3.10. The van der Waals surface area contributed by atoms with E-state index in [2.05, 4.69) is 0 Å². The molecule has 1 aromatic heterocycles. The number of aryl methyl sites for hydroxylation is 2. The first-order valence-corrected chi connectivity index (χ1v) is 8.70. The molecule has 0 bridgehead atoms. The molecule has 1 amide bonds. The quantitative estimate of drug-likeness (QED) is 0.563. The summed E-state index contributed by atoms with van der Waals surface area (Å²) in [4.78, 5) is 25.9. The molecule has 0 radical (unpaired) electrons. The van der Waals surface area contributed by atoms with E-state index in [0.717, 1.165) is 16.9 Å². The van der Waals surface area contributed by atoms with E-state index in [1.165, 1.54) is 0 Å². The highest BCUT2D eigenvalue weighted by Crippen LogP contribution is 2.23. The lowest BCUT2D eigenvalue weighted by molar-refractivity contribution is -0.149. The van der Waals surface area contributed by atoms with Gasteiger partial charge in [0.2, 0.25) is 5.91 Å². The number of rotatable bonds is 7. The van der Waals surface area contributed by atoms with Crippen molar-refractivity contribution in [2.45, 2.75) is 26.8 Å². The molecule has 6 nitrogen and oxygen atoms in total. The summed E-state index contributed by atoms with van der Waals surface area (Å²) in [5, 5.41) is 0. The standard InChI is InChI=1S/C20H23NO5/c1-14-5-3-6-15(2)19(14)25-9-10-26-20(23)16-11-18(22)21(12-16)13-17-7-4-8-24-17/h3-8,16H,9-13H2,1-2H3/t16-/m0/s1. The van der Waals surface area contributed by atoms with E-state index in [4.69, 9.17) is 13.9 Å². The number of hydrogen-bond acceptors (Lipinski definition) is 5. The van der Waals surface area contributed by atoms with Crippen molar-refractivity contribution in [3.05, 3.63) is 53.5 Å². The van der Waals surface area contributed by atoms with Crippen LogP contribution in [-0.2, 0) is 20.9 Å². The van der Waals surface area contributed by atoms with Crippen LogP contribution in [0.3, 0.4) is 0 Å². The van der Waals surface area contributed by atoms with E-state index in [0.29, 0.717) is 18.8 Å². The predicted molar refractivity (Wildman–Crippen MR) is 94.6 cm³/mol. The number of hydrogen-bond donors (Lipinski definition) is 0. The lowest BCUT2D eigenvalue weighted by Gasteiger charge is -2.15. The average molecular weight is 357 g/mol.